The van der Waals surface area contributed by atoms with Crippen molar-refractivity contribution in [3.8, 4) is 11.4 Å². The Morgan fingerprint density at radius 2 is 1.74 bits per heavy atom. The largest absolute Gasteiger partial charge is 0.392 e. The summed E-state index contributed by atoms with van der Waals surface area (Å²) >= 11 is 0. The van der Waals surface area contributed by atoms with E-state index in [0.29, 0.717) is 0 Å². The van der Waals surface area contributed by atoms with Gasteiger partial charge in [-0.2, -0.15) is 0 Å². The van der Waals surface area contributed by atoms with Crippen molar-refractivity contribution in [2.45, 2.75) is 46.1 Å². The number of piperazine rings is 1. The Morgan fingerprint density at radius 1 is 1.00 bits per heavy atom. The standard InChI is InChI=1S/C30H38N4O/c1-5-6-12-27(35)21-33-15-17-34(18-16-33)30-28(20-26-19-22(2)13-14-23(26)3)24(4)31-29(32-30)25-10-8-7-9-11-25/h5,7-11,13-14,19,27,35H,1,6,12,15-18,20-21H2,2-4H3/t27-/m0/s1. The number of rotatable bonds is 9. The molecule has 0 bridgehead atoms. The van der Waals surface area contributed by atoms with Crippen LogP contribution >= 0.6 is 0 Å². The quantitative estimate of drug-likeness (QED) is 0.441. The van der Waals surface area contributed by atoms with E-state index in [9.17, 15) is 5.11 Å². The second-order valence-electron chi connectivity index (χ2n) is 9.72. The van der Waals surface area contributed by atoms with E-state index in [2.05, 4.69) is 67.5 Å². The molecule has 2 aromatic carbocycles. The fourth-order valence-electron chi connectivity index (χ4n) is 4.79. The highest BCUT2D eigenvalue weighted by Gasteiger charge is 2.24. The number of aromatic nitrogens is 2. The minimum atomic E-state index is -0.301. The lowest BCUT2D eigenvalue weighted by molar-refractivity contribution is 0.103. The van der Waals surface area contributed by atoms with Crippen LogP contribution in [0.15, 0.2) is 61.2 Å². The van der Waals surface area contributed by atoms with Crippen molar-refractivity contribution in [2.24, 2.45) is 0 Å². The first-order valence-corrected chi connectivity index (χ1v) is 12.7. The first-order chi connectivity index (χ1) is 16.9. The van der Waals surface area contributed by atoms with Gasteiger partial charge < -0.3 is 10.0 Å². The molecule has 184 valence electrons. The van der Waals surface area contributed by atoms with Gasteiger partial charge >= 0.3 is 0 Å². The van der Waals surface area contributed by atoms with Gasteiger partial charge in [0.25, 0.3) is 0 Å². The highest BCUT2D eigenvalue weighted by Crippen LogP contribution is 2.29. The lowest BCUT2D eigenvalue weighted by Crippen LogP contribution is -2.49. The molecule has 1 N–H and O–H groups in total. The third-order valence-electron chi connectivity index (χ3n) is 6.94. The summed E-state index contributed by atoms with van der Waals surface area (Å²) < 4.78 is 0. The summed E-state index contributed by atoms with van der Waals surface area (Å²) in [6.45, 7) is 14.5. The van der Waals surface area contributed by atoms with Crippen molar-refractivity contribution in [3.05, 3.63) is 89.1 Å². The minimum Gasteiger partial charge on any atom is -0.392 e. The average molecular weight is 471 g/mol. The highest BCUT2D eigenvalue weighted by atomic mass is 16.3. The van der Waals surface area contributed by atoms with E-state index in [1.165, 1.54) is 22.3 Å². The van der Waals surface area contributed by atoms with Crippen LogP contribution in [-0.4, -0.2) is 58.8 Å². The molecule has 1 aromatic heterocycles. The van der Waals surface area contributed by atoms with E-state index >= 15 is 0 Å². The predicted octanol–water partition coefficient (Wildman–Crippen LogP) is 5.11. The summed E-state index contributed by atoms with van der Waals surface area (Å²) in [5.74, 6) is 1.83. The smallest absolute Gasteiger partial charge is 0.161 e. The zero-order chi connectivity index (χ0) is 24.8. The van der Waals surface area contributed by atoms with Gasteiger partial charge in [-0.1, -0.05) is 60.2 Å². The normalized spacial score (nSPS) is 15.3. The number of hydrogen-bond donors (Lipinski definition) is 1. The molecule has 1 fully saturated rings. The van der Waals surface area contributed by atoms with Crippen LogP contribution < -0.4 is 4.90 Å². The van der Waals surface area contributed by atoms with Crippen LogP contribution in [-0.2, 0) is 6.42 Å². The van der Waals surface area contributed by atoms with E-state index in [4.69, 9.17) is 9.97 Å². The first kappa shape index (κ1) is 25.1. The lowest BCUT2D eigenvalue weighted by atomic mass is 9.97. The molecule has 1 aliphatic heterocycles. The summed E-state index contributed by atoms with van der Waals surface area (Å²) in [4.78, 5) is 14.9. The van der Waals surface area contributed by atoms with Gasteiger partial charge in [-0.25, -0.2) is 9.97 Å². The van der Waals surface area contributed by atoms with Crippen LogP contribution in [0.5, 0.6) is 0 Å². The van der Waals surface area contributed by atoms with Crippen LogP contribution in [0.2, 0.25) is 0 Å². The van der Waals surface area contributed by atoms with Crippen molar-refractivity contribution in [2.75, 3.05) is 37.6 Å². The van der Waals surface area contributed by atoms with Crippen molar-refractivity contribution in [3.63, 3.8) is 0 Å². The second-order valence-corrected chi connectivity index (χ2v) is 9.72. The fraction of sp³-hybridized carbons (Fsp3) is 0.400. The third-order valence-corrected chi connectivity index (χ3v) is 6.94. The predicted molar refractivity (Wildman–Crippen MR) is 145 cm³/mol. The lowest BCUT2D eigenvalue weighted by Gasteiger charge is -2.37. The van der Waals surface area contributed by atoms with Gasteiger partial charge in [0, 0.05) is 56.0 Å². The fourth-order valence-corrected chi connectivity index (χ4v) is 4.79. The van der Waals surface area contributed by atoms with Crippen LogP contribution in [0.1, 0.15) is 40.8 Å². The van der Waals surface area contributed by atoms with E-state index in [1.54, 1.807) is 0 Å². The molecule has 2 heterocycles. The maximum Gasteiger partial charge on any atom is 0.161 e. The summed E-state index contributed by atoms with van der Waals surface area (Å²) in [6.07, 6.45) is 4.02. The number of nitrogens with zero attached hydrogens (tertiary/aromatic N) is 4. The number of aliphatic hydroxyl groups is 1. The molecule has 0 aliphatic carbocycles. The first-order valence-electron chi connectivity index (χ1n) is 12.7. The summed E-state index contributed by atoms with van der Waals surface area (Å²) in [7, 11) is 0. The molecule has 0 amide bonds. The molecule has 5 nitrogen and oxygen atoms in total. The zero-order valence-corrected chi connectivity index (χ0v) is 21.4. The third kappa shape index (κ3) is 6.36. The Hall–Kier alpha value is -3.02. The minimum absolute atomic E-state index is 0.301. The van der Waals surface area contributed by atoms with Gasteiger partial charge in [-0.05, 0) is 44.7 Å². The number of aryl methyl sites for hydroxylation is 3. The molecule has 1 saturated heterocycles. The molecule has 0 saturated carbocycles. The van der Waals surface area contributed by atoms with Gasteiger partial charge in [0.05, 0.1) is 6.10 Å². The molecule has 3 aromatic rings. The monoisotopic (exact) mass is 470 g/mol. The van der Waals surface area contributed by atoms with Crippen LogP contribution in [0.25, 0.3) is 11.4 Å². The van der Waals surface area contributed by atoms with Crippen LogP contribution in [0, 0.1) is 20.8 Å². The van der Waals surface area contributed by atoms with E-state index < -0.39 is 0 Å². The van der Waals surface area contributed by atoms with Gasteiger partial charge in [-0.15, -0.1) is 6.58 Å². The Balaban J connectivity index is 1.61. The maximum absolute atomic E-state index is 10.3. The van der Waals surface area contributed by atoms with E-state index in [1.807, 2.05) is 24.3 Å². The number of aliphatic hydroxyl groups excluding tert-OH is 1. The SMILES string of the molecule is C=CCC[C@H](O)CN1CCN(c2nc(-c3ccccc3)nc(C)c2Cc2cc(C)ccc2C)CC1. The number of benzene rings is 2. The van der Waals surface area contributed by atoms with Crippen molar-refractivity contribution in [1.82, 2.24) is 14.9 Å². The van der Waals surface area contributed by atoms with Crippen molar-refractivity contribution >= 4 is 5.82 Å². The number of hydrogen-bond acceptors (Lipinski definition) is 5. The van der Waals surface area contributed by atoms with E-state index in [0.717, 1.165) is 74.9 Å². The van der Waals surface area contributed by atoms with Crippen molar-refractivity contribution in [1.29, 1.82) is 0 Å². The number of β-amino-alcohol motifs (C(OH)–C–C–N with tert-alkyl or cyclic N) is 1. The Bertz CT molecular complexity index is 1140. The Labute approximate surface area is 210 Å². The summed E-state index contributed by atoms with van der Waals surface area (Å²) in [6, 6.07) is 16.9. The van der Waals surface area contributed by atoms with Gasteiger partial charge in [0.15, 0.2) is 5.82 Å². The molecule has 0 spiro atoms. The van der Waals surface area contributed by atoms with Gasteiger partial charge in [-0.3, -0.25) is 4.90 Å². The zero-order valence-electron chi connectivity index (χ0n) is 21.4. The molecule has 1 aliphatic rings. The van der Waals surface area contributed by atoms with E-state index in [-0.39, 0.29) is 6.10 Å². The molecule has 5 heteroatoms. The molecule has 0 radical (unpaired) electrons. The molecule has 35 heavy (non-hydrogen) atoms. The van der Waals surface area contributed by atoms with Gasteiger partial charge in [0.2, 0.25) is 0 Å². The van der Waals surface area contributed by atoms with Gasteiger partial charge in [0.1, 0.15) is 5.82 Å². The molecular formula is C30H38N4O. The average Bonchev–Trinajstić information content (AvgIpc) is 2.87. The molecule has 1 atom stereocenters. The number of anilines is 1. The highest BCUT2D eigenvalue weighted by molar-refractivity contribution is 5.61. The Morgan fingerprint density at radius 3 is 2.46 bits per heavy atom. The Kier molecular flexibility index (Phi) is 8.32. The second kappa shape index (κ2) is 11.6. The molecule has 0 unspecified atom stereocenters. The summed E-state index contributed by atoms with van der Waals surface area (Å²) in [5.41, 5.74) is 7.19. The van der Waals surface area contributed by atoms with Crippen LogP contribution in [0.4, 0.5) is 5.82 Å². The van der Waals surface area contributed by atoms with Crippen molar-refractivity contribution < 1.29 is 5.11 Å². The maximum atomic E-state index is 10.3. The summed E-state index contributed by atoms with van der Waals surface area (Å²) in [5, 5.41) is 10.3. The number of allylic oxidation sites excluding steroid dienone is 1. The topological polar surface area (TPSA) is 52.5 Å². The molecule has 4 rings (SSSR count). The van der Waals surface area contributed by atoms with Crippen LogP contribution in [0.3, 0.4) is 0 Å². The molecular weight excluding hydrogens is 432 g/mol.